The van der Waals surface area contributed by atoms with E-state index in [0.29, 0.717) is 5.02 Å². The van der Waals surface area contributed by atoms with Crippen molar-refractivity contribution in [2.75, 3.05) is 13.7 Å². The van der Waals surface area contributed by atoms with E-state index in [1.165, 1.54) is 0 Å². The third-order valence-corrected chi connectivity index (χ3v) is 2.11. The summed E-state index contributed by atoms with van der Waals surface area (Å²) in [6.07, 6.45) is 0.220. The van der Waals surface area contributed by atoms with Crippen LogP contribution in [-0.4, -0.2) is 13.7 Å². The quantitative estimate of drug-likeness (QED) is 0.659. The average Bonchev–Trinajstić information content (AvgIpc) is 2.87. The molecule has 0 radical (unpaired) electrons. The molecule has 3 heteroatoms. The molecule has 0 spiro atoms. The molecule has 64 valence electrons. The molecule has 0 bridgehead atoms. The van der Waals surface area contributed by atoms with Crippen LogP contribution in [0.4, 0.5) is 0 Å². The smallest absolute Gasteiger partial charge is 0.126 e. The average molecular weight is 185 g/mol. The second kappa shape index (κ2) is 2.96. The topological polar surface area (TPSA) is 21.8 Å². The molecule has 1 aliphatic heterocycles. The van der Waals surface area contributed by atoms with E-state index in [2.05, 4.69) is 0 Å². The fourth-order valence-electron chi connectivity index (χ4n) is 1.18. The molecule has 12 heavy (non-hydrogen) atoms. The van der Waals surface area contributed by atoms with E-state index in [4.69, 9.17) is 21.1 Å². The molecule has 1 aliphatic rings. The molecule has 1 aromatic rings. The minimum atomic E-state index is 0.220. The maximum absolute atomic E-state index is 5.80. The third kappa shape index (κ3) is 1.40. The summed E-state index contributed by atoms with van der Waals surface area (Å²) in [6, 6.07) is 5.60. The normalized spacial score (nSPS) is 20.7. The molecular weight excluding hydrogens is 176 g/mol. The number of ether oxygens (including phenoxy) is 2. The number of benzene rings is 1. The fourth-order valence-corrected chi connectivity index (χ4v) is 1.34. The molecule has 2 rings (SSSR count). The number of rotatable bonds is 2. The van der Waals surface area contributed by atoms with Crippen LogP contribution >= 0.6 is 11.6 Å². The Morgan fingerprint density at radius 3 is 2.92 bits per heavy atom. The van der Waals surface area contributed by atoms with Gasteiger partial charge in [-0.2, -0.15) is 0 Å². The highest BCUT2D eigenvalue weighted by molar-refractivity contribution is 6.30. The number of hydrogen-bond donors (Lipinski definition) is 0. The molecule has 0 unspecified atom stereocenters. The molecule has 1 saturated heterocycles. The molecule has 1 aromatic carbocycles. The standard InChI is InChI=1S/C9H9ClO2/c1-11-8-4-6(10)2-3-7(8)9-5-12-9/h2-4,9H,5H2,1H3/t9-/m1/s1. The van der Waals surface area contributed by atoms with Crippen LogP contribution in [0.15, 0.2) is 18.2 Å². The maximum Gasteiger partial charge on any atom is 0.126 e. The second-order valence-electron chi connectivity index (χ2n) is 2.71. The summed E-state index contributed by atoms with van der Waals surface area (Å²) in [7, 11) is 1.64. The Bertz CT molecular complexity index is 295. The molecule has 2 nitrogen and oxygen atoms in total. The first-order chi connectivity index (χ1) is 5.81. The van der Waals surface area contributed by atoms with Crippen molar-refractivity contribution < 1.29 is 9.47 Å². The first kappa shape index (κ1) is 7.90. The molecule has 1 atom stereocenters. The van der Waals surface area contributed by atoms with Gasteiger partial charge in [0.15, 0.2) is 0 Å². The highest BCUT2D eigenvalue weighted by Crippen LogP contribution is 2.37. The van der Waals surface area contributed by atoms with Crippen molar-refractivity contribution in [3.05, 3.63) is 28.8 Å². The van der Waals surface area contributed by atoms with Gasteiger partial charge < -0.3 is 9.47 Å². The SMILES string of the molecule is COc1cc(Cl)ccc1[C@H]1CO1. The van der Waals surface area contributed by atoms with E-state index in [9.17, 15) is 0 Å². The highest BCUT2D eigenvalue weighted by atomic mass is 35.5. The molecule has 0 aromatic heterocycles. The summed E-state index contributed by atoms with van der Waals surface area (Å²) in [5.74, 6) is 0.810. The van der Waals surface area contributed by atoms with Gasteiger partial charge in [-0.05, 0) is 12.1 Å². The molecule has 1 fully saturated rings. The lowest BCUT2D eigenvalue weighted by atomic mass is 10.1. The number of methoxy groups -OCH3 is 1. The van der Waals surface area contributed by atoms with Gasteiger partial charge in [0, 0.05) is 10.6 Å². The van der Waals surface area contributed by atoms with E-state index < -0.39 is 0 Å². The molecule has 0 aliphatic carbocycles. The first-order valence-electron chi connectivity index (χ1n) is 3.76. The summed E-state index contributed by atoms with van der Waals surface area (Å²) in [5.41, 5.74) is 1.09. The summed E-state index contributed by atoms with van der Waals surface area (Å²) in [6.45, 7) is 0.790. The van der Waals surface area contributed by atoms with Gasteiger partial charge >= 0.3 is 0 Å². The van der Waals surface area contributed by atoms with Gasteiger partial charge in [0.25, 0.3) is 0 Å². The Morgan fingerprint density at radius 1 is 1.58 bits per heavy atom. The lowest BCUT2D eigenvalue weighted by Crippen LogP contribution is -1.89. The van der Waals surface area contributed by atoms with Crippen molar-refractivity contribution in [2.45, 2.75) is 6.10 Å². The van der Waals surface area contributed by atoms with E-state index in [1.54, 1.807) is 13.2 Å². The lowest BCUT2D eigenvalue weighted by Gasteiger charge is -2.05. The van der Waals surface area contributed by atoms with Gasteiger partial charge in [0.1, 0.15) is 11.9 Å². The molecule has 1 heterocycles. The summed E-state index contributed by atoms with van der Waals surface area (Å²) in [5, 5.41) is 0.691. The molecule has 0 amide bonds. The van der Waals surface area contributed by atoms with Crippen LogP contribution in [-0.2, 0) is 4.74 Å². The van der Waals surface area contributed by atoms with Gasteiger partial charge in [-0.1, -0.05) is 17.7 Å². The largest absolute Gasteiger partial charge is 0.496 e. The van der Waals surface area contributed by atoms with Gasteiger partial charge in [-0.25, -0.2) is 0 Å². The Balaban J connectivity index is 2.38. The molecule has 0 N–H and O–H groups in total. The number of halogens is 1. The van der Waals surface area contributed by atoms with Gasteiger partial charge in [-0.15, -0.1) is 0 Å². The van der Waals surface area contributed by atoms with Gasteiger partial charge in [-0.3, -0.25) is 0 Å². The van der Waals surface area contributed by atoms with Gasteiger partial charge in [0.2, 0.25) is 0 Å². The van der Waals surface area contributed by atoms with Crippen LogP contribution in [0.2, 0.25) is 5.02 Å². The Morgan fingerprint density at radius 2 is 2.33 bits per heavy atom. The van der Waals surface area contributed by atoms with E-state index >= 15 is 0 Å². The van der Waals surface area contributed by atoms with Gasteiger partial charge in [0.05, 0.1) is 13.7 Å². The number of hydrogen-bond acceptors (Lipinski definition) is 2. The Hall–Kier alpha value is -0.730. The Kier molecular flexibility index (Phi) is 1.95. The minimum absolute atomic E-state index is 0.220. The zero-order chi connectivity index (χ0) is 8.55. The number of epoxide rings is 1. The van der Waals surface area contributed by atoms with Crippen molar-refractivity contribution in [1.82, 2.24) is 0 Å². The fraction of sp³-hybridized carbons (Fsp3) is 0.333. The summed E-state index contributed by atoms with van der Waals surface area (Å²) >= 11 is 5.80. The van der Waals surface area contributed by atoms with Crippen molar-refractivity contribution in [1.29, 1.82) is 0 Å². The summed E-state index contributed by atoms with van der Waals surface area (Å²) in [4.78, 5) is 0. The van der Waals surface area contributed by atoms with Crippen molar-refractivity contribution in [3.8, 4) is 5.75 Å². The zero-order valence-corrected chi connectivity index (χ0v) is 7.47. The molecule has 0 saturated carbocycles. The van der Waals surface area contributed by atoms with Crippen LogP contribution in [0, 0.1) is 0 Å². The third-order valence-electron chi connectivity index (χ3n) is 1.88. The van der Waals surface area contributed by atoms with E-state index in [0.717, 1.165) is 17.9 Å². The van der Waals surface area contributed by atoms with Crippen LogP contribution in [0.5, 0.6) is 5.75 Å². The van der Waals surface area contributed by atoms with Crippen molar-refractivity contribution >= 4 is 11.6 Å². The first-order valence-corrected chi connectivity index (χ1v) is 4.14. The molecular formula is C9H9ClO2. The van der Waals surface area contributed by atoms with E-state index in [1.807, 2.05) is 12.1 Å². The van der Waals surface area contributed by atoms with Crippen LogP contribution in [0.1, 0.15) is 11.7 Å². The predicted molar refractivity (Wildman–Crippen MR) is 46.7 cm³/mol. The van der Waals surface area contributed by atoms with Crippen molar-refractivity contribution in [3.63, 3.8) is 0 Å². The van der Waals surface area contributed by atoms with Crippen LogP contribution < -0.4 is 4.74 Å². The van der Waals surface area contributed by atoms with E-state index in [-0.39, 0.29) is 6.10 Å². The highest BCUT2D eigenvalue weighted by Gasteiger charge is 2.27. The second-order valence-corrected chi connectivity index (χ2v) is 3.14. The Labute approximate surface area is 76.1 Å². The van der Waals surface area contributed by atoms with Crippen LogP contribution in [0.3, 0.4) is 0 Å². The summed E-state index contributed by atoms with van der Waals surface area (Å²) < 4.78 is 10.3. The monoisotopic (exact) mass is 184 g/mol. The van der Waals surface area contributed by atoms with Crippen LogP contribution in [0.25, 0.3) is 0 Å². The predicted octanol–water partition coefficient (Wildman–Crippen LogP) is 2.42. The van der Waals surface area contributed by atoms with Crippen molar-refractivity contribution in [2.24, 2.45) is 0 Å². The maximum atomic E-state index is 5.80. The minimum Gasteiger partial charge on any atom is -0.496 e. The lowest BCUT2D eigenvalue weighted by molar-refractivity contribution is 0.383. The zero-order valence-electron chi connectivity index (χ0n) is 6.71.